The first-order valence-electron chi connectivity index (χ1n) is 5.66. The topological polar surface area (TPSA) is 33.0 Å². The fourth-order valence-corrected chi connectivity index (χ4v) is 1.71. The quantitative estimate of drug-likeness (QED) is 0.778. The van der Waals surface area contributed by atoms with Gasteiger partial charge < -0.3 is 4.74 Å². The van der Waals surface area contributed by atoms with Crippen LogP contribution < -0.4 is 4.74 Å². The molecule has 0 radical (unpaired) electrons. The Kier molecular flexibility index (Phi) is 4.45. The third-order valence-corrected chi connectivity index (χ3v) is 2.71. The van der Waals surface area contributed by atoms with E-state index >= 15 is 0 Å². The van der Waals surface area contributed by atoms with Crippen molar-refractivity contribution in [1.29, 1.82) is 5.26 Å². The minimum absolute atomic E-state index is 0.212. The number of hydrogen-bond acceptors (Lipinski definition) is 2. The number of ether oxygens (including phenoxy) is 1. The van der Waals surface area contributed by atoms with Gasteiger partial charge in [0.05, 0.1) is 5.02 Å². The number of nitrogens with zero attached hydrogens (tertiary/aromatic N) is 1. The van der Waals surface area contributed by atoms with E-state index in [0.29, 0.717) is 16.3 Å². The number of rotatable bonds is 2. The van der Waals surface area contributed by atoms with Crippen molar-refractivity contribution in [1.82, 2.24) is 0 Å². The Hall–Kier alpha value is -2.42. The van der Waals surface area contributed by atoms with Crippen molar-refractivity contribution in [3.63, 3.8) is 0 Å². The molecule has 0 aliphatic heterocycles. The summed E-state index contributed by atoms with van der Waals surface area (Å²) < 4.78 is 5.45. The van der Waals surface area contributed by atoms with Crippen LogP contribution in [0.15, 0.2) is 48.5 Å². The molecule has 0 saturated heterocycles. The van der Waals surface area contributed by atoms with Crippen LogP contribution in [-0.2, 0) is 0 Å². The van der Waals surface area contributed by atoms with Gasteiger partial charge in [0.2, 0.25) is 0 Å². The van der Waals surface area contributed by atoms with Crippen molar-refractivity contribution in [3.05, 3.63) is 64.7 Å². The first-order valence-corrected chi connectivity index (χ1v) is 6.04. The van der Waals surface area contributed by atoms with E-state index in [4.69, 9.17) is 21.6 Å². The predicted octanol–water partition coefficient (Wildman–Crippen LogP) is 3.64. The molecular weight excluding hydrogens is 258 g/mol. The van der Waals surface area contributed by atoms with Crippen molar-refractivity contribution in [2.24, 2.45) is 0 Å². The lowest BCUT2D eigenvalue weighted by Crippen LogP contribution is -1.96. The van der Waals surface area contributed by atoms with Gasteiger partial charge in [-0.05, 0) is 24.3 Å². The smallest absolute Gasteiger partial charge is 0.149 e. The summed E-state index contributed by atoms with van der Waals surface area (Å²) in [6.45, 7) is 0.212. The zero-order chi connectivity index (χ0) is 13.5. The molecule has 2 aromatic rings. The zero-order valence-corrected chi connectivity index (χ0v) is 10.8. The molecule has 0 unspecified atom stereocenters. The molecule has 0 bridgehead atoms. The summed E-state index contributed by atoms with van der Waals surface area (Å²) in [7, 11) is 0. The number of halogens is 1. The normalized spacial score (nSPS) is 9.05. The third kappa shape index (κ3) is 3.52. The molecule has 2 aromatic carbocycles. The van der Waals surface area contributed by atoms with Crippen LogP contribution in [0.2, 0.25) is 5.02 Å². The summed E-state index contributed by atoms with van der Waals surface area (Å²) in [5.74, 6) is 6.33. The van der Waals surface area contributed by atoms with Gasteiger partial charge in [-0.25, -0.2) is 0 Å². The van der Waals surface area contributed by atoms with E-state index < -0.39 is 0 Å². The van der Waals surface area contributed by atoms with E-state index in [1.165, 1.54) is 0 Å². The average Bonchev–Trinajstić information content (AvgIpc) is 2.45. The second-order valence-corrected chi connectivity index (χ2v) is 4.09. The first kappa shape index (κ1) is 13.0. The largest absolute Gasteiger partial charge is 0.479 e. The standard InChI is InChI=1S/C16H10ClNO/c17-15-9-4-10-16(14(15)12-18)19-11-5-8-13-6-2-1-3-7-13/h1-4,6-7,9-10H,11H2. The molecule has 0 atom stereocenters. The minimum Gasteiger partial charge on any atom is -0.479 e. The molecule has 0 aliphatic carbocycles. The molecule has 0 fully saturated rings. The van der Waals surface area contributed by atoms with Gasteiger partial charge in [0, 0.05) is 5.56 Å². The van der Waals surface area contributed by atoms with Crippen molar-refractivity contribution in [2.45, 2.75) is 0 Å². The Bertz CT molecular complexity index is 663. The van der Waals surface area contributed by atoms with Crippen LogP contribution in [0.4, 0.5) is 0 Å². The summed E-state index contributed by atoms with van der Waals surface area (Å²) >= 11 is 5.90. The van der Waals surface area contributed by atoms with Gasteiger partial charge in [-0.3, -0.25) is 0 Å². The van der Waals surface area contributed by atoms with Crippen molar-refractivity contribution in [2.75, 3.05) is 6.61 Å². The van der Waals surface area contributed by atoms with Gasteiger partial charge in [0.25, 0.3) is 0 Å². The third-order valence-electron chi connectivity index (χ3n) is 2.39. The number of nitriles is 1. The number of benzene rings is 2. The summed E-state index contributed by atoms with van der Waals surface area (Å²) in [5, 5.41) is 9.37. The molecular formula is C16H10ClNO. The Morgan fingerprint density at radius 2 is 1.84 bits per heavy atom. The molecule has 0 heterocycles. The average molecular weight is 268 g/mol. The van der Waals surface area contributed by atoms with E-state index in [1.807, 2.05) is 36.4 Å². The highest BCUT2D eigenvalue weighted by atomic mass is 35.5. The zero-order valence-electron chi connectivity index (χ0n) is 10.1. The first-order chi connectivity index (χ1) is 9.31. The van der Waals surface area contributed by atoms with Crippen molar-refractivity contribution in [3.8, 4) is 23.7 Å². The SMILES string of the molecule is N#Cc1c(Cl)cccc1OCC#Cc1ccccc1. The fourth-order valence-electron chi connectivity index (χ4n) is 1.51. The van der Waals surface area contributed by atoms with Crippen LogP contribution in [0.5, 0.6) is 5.75 Å². The van der Waals surface area contributed by atoms with E-state index in [9.17, 15) is 0 Å². The van der Waals surface area contributed by atoms with Crippen LogP contribution in [0.3, 0.4) is 0 Å². The molecule has 3 heteroatoms. The lowest BCUT2D eigenvalue weighted by atomic mass is 10.2. The van der Waals surface area contributed by atoms with Crippen LogP contribution in [0.25, 0.3) is 0 Å². The van der Waals surface area contributed by atoms with Crippen LogP contribution in [0.1, 0.15) is 11.1 Å². The lowest BCUT2D eigenvalue weighted by Gasteiger charge is -2.04. The molecule has 0 aliphatic rings. The molecule has 19 heavy (non-hydrogen) atoms. The van der Waals surface area contributed by atoms with E-state index in [2.05, 4.69) is 11.8 Å². The molecule has 92 valence electrons. The van der Waals surface area contributed by atoms with Crippen molar-refractivity contribution < 1.29 is 4.74 Å². The second kappa shape index (κ2) is 6.50. The lowest BCUT2D eigenvalue weighted by molar-refractivity contribution is 0.369. The van der Waals surface area contributed by atoms with Crippen LogP contribution in [0, 0.1) is 23.2 Å². The van der Waals surface area contributed by atoms with Gasteiger partial charge in [-0.1, -0.05) is 47.7 Å². The minimum atomic E-state index is 0.212. The van der Waals surface area contributed by atoms with E-state index in [0.717, 1.165) is 5.56 Å². The van der Waals surface area contributed by atoms with Gasteiger partial charge in [-0.15, -0.1) is 0 Å². The summed E-state index contributed by atoms with van der Waals surface area (Å²) in [4.78, 5) is 0. The van der Waals surface area contributed by atoms with Crippen LogP contribution >= 0.6 is 11.6 Å². The maximum atomic E-state index is 8.98. The Labute approximate surface area is 117 Å². The molecule has 0 aromatic heterocycles. The Balaban J connectivity index is 2.03. The highest BCUT2D eigenvalue weighted by Gasteiger charge is 2.06. The van der Waals surface area contributed by atoms with Gasteiger partial charge >= 0.3 is 0 Å². The molecule has 2 rings (SSSR count). The highest BCUT2D eigenvalue weighted by Crippen LogP contribution is 2.25. The van der Waals surface area contributed by atoms with Gasteiger partial charge in [0.15, 0.2) is 0 Å². The Morgan fingerprint density at radius 3 is 2.58 bits per heavy atom. The van der Waals surface area contributed by atoms with Gasteiger partial charge in [-0.2, -0.15) is 5.26 Å². The van der Waals surface area contributed by atoms with E-state index in [-0.39, 0.29) is 6.61 Å². The van der Waals surface area contributed by atoms with Crippen LogP contribution in [-0.4, -0.2) is 6.61 Å². The molecule has 0 saturated carbocycles. The summed E-state index contributed by atoms with van der Waals surface area (Å²) in [6.07, 6.45) is 0. The summed E-state index contributed by atoms with van der Waals surface area (Å²) in [5.41, 5.74) is 1.27. The number of hydrogen-bond donors (Lipinski definition) is 0. The molecule has 0 amide bonds. The summed E-state index contributed by atoms with van der Waals surface area (Å²) in [6, 6.07) is 16.8. The van der Waals surface area contributed by atoms with Crippen molar-refractivity contribution >= 4 is 11.6 Å². The molecule has 0 spiro atoms. The van der Waals surface area contributed by atoms with E-state index in [1.54, 1.807) is 18.2 Å². The highest BCUT2D eigenvalue weighted by molar-refractivity contribution is 6.31. The second-order valence-electron chi connectivity index (χ2n) is 3.68. The maximum absolute atomic E-state index is 8.98. The maximum Gasteiger partial charge on any atom is 0.149 e. The predicted molar refractivity (Wildman–Crippen MR) is 75.0 cm³/mol. The Morgan fingerprint density at radius 1 is 1.05 bits per heavy atom. The monoisotopic (exact) mass is 267 g/mol. The molecule has 2 nitrogen and oxygen atoms in total. The van der Waals surface area contributed by atoms with Gasteiger partial charge in [0.1, 0.15) is 24.0 Å². The fraction of sp³-hybridized carbons (Fsp3) is 0.0625. The molecule has 0 N–H and O–H groups in total.